The first-order chi connectivity index (χ1) is 12.2. The number of hydrogen-bond acceptors (Lipinski definition) is 3. The fraction of sp³-hybridized carbons (Fsp3) is 0.350. The number of piperazine rings is 1. The van der Waals surface area contributed by atoms with Crippen LogP contribution >= 0.6 is 24.0 Å². The summed E-state index contributed by atoms with van der Waals surface area (Å²) in [6.07, 6.45) is 1.01. The molecule has 1 N–H and O–H groups in total. The minimum Gasteiger partial charge on any atom is -0.388 e. The van der Waals surface area contributed by atoms with Crippen LogP contribution in [0.1, 0.15) is 15.9 Å². The van der Waals surface area contributed by atoms with Gasteiger partial charge in [-0.05, 0) is 48.4 Å². The fourth-order valence-electron chi connectivity index (χ4n) is 3.07. The largest absolute Gasteiger partial charge is 0.388 e. The molecule has 0 atom stereocenters. The zero-order chi connectivity index (χ0) is 17.6. The molecule has 140 valence electrons. The lowest BCUT2D eigenvalue weighted by Crippen LogP contribution is -2.49. The minimum atomic E-state index is 0. The van der Waals surface area contributed by atoms with Crippen molar-refractivity contribution in [2.24, 2.45) is 0 Å². The van der Waals surface area contributed by atoms with Crippen LogP contribution in [0.25, 0.3) is 0 Å². The molecule has 1 aliphatic rings. The summed E-state index contributed by atoms with van der Waals surface area (Å²) >= 11 is 5.92. The van der Waals surface area contributed by atoms with Gasteiger partial charge in [0.2, 0.25) is 0 Å². The summed E-state index contributed by atoms with van der Waals surface area (Å²) < 4.78 is 0. The van der Waals surface area contributed by atoms with E-state index in [1.807, 2.05) is 48.3 Å². The van der Waals surface area contributed by atoms with E-state index >= 15 is 0 Å². The maximum Gasteiger partial charge on any atom is 0.253 e. The number of hydrogen-bond donors (Lipinski definition) is 1. The number of nitrogens with zero attached hydrogens (tertiary/aromatic N) is 2. The molecule has 2 aromatic rings. The number of carbonyl (C=O) groups excluding carboxylic acids is 1. The molecular weight excluding hydrogens is 369 g/mol. The van der Waals surface area contributed by atoms with Crippen LogP contribution in [0.2, 0.25) is 5.02 Å². The molecule has 1 heterocycles. The summed E-state index contributed by atoms with van der Waals surface area (Å²) in [5.41, 5.74) is 3.07. The van der Waals surface area contributed by atoms with Crippen molar-refractivity contribution >= 4 is 35.6 Å². The van der Waals surface area contributed by atoms with Gasteiger partial charge in [-0.15, -0.1) is 12.4 Å². The van der Waals surface area contributed by atoms with Gasteiger partial charge in [-0.2, -0.15) is 0 Å². The molecule has 6 heteroatoms. The Morgan fingerprint density at radius 3 is 2.19 bits per heavy atom. The Hall–Kier alpha value is -1.75. The Labute approximate surface area is 166 Å². The van der Waals surface area contributed by atoms with Crippen molar-refractivity contribution in [2.75, 3.05) is 45.1 Å². The van der Waals surface area contributed by atoms with Gasteiger partial charge in [0.05, 0.1) is 0 Å². The molecule has 2 aromatic carbocycles. The summed E-state index contributed by atoms with van der Waals surface area (Å²) in [5.74, 6) is 0.125. The molecule has 1 saturated heterocycles. The minimum absolute atomic E-state index is 0. The van der Waals surface area contributed by atoms with E-state index in [1.54, 1.807) is 0 Å². The Kier molecular flexibility index (Phi) is 7.76. The molecule has 4 nitrogen and oxygen atoms in total. The third-order valence-corrected chi connectivity index (χ3v) is 4.96. The molecular formula is C20H25Cl2N3O. The van der Waals surface area contributed by atoms with Crippen LogP contribution in [0.3, 0.4) is 0 Å². The van der Waals surface area contributed by atoms with Gasteiger partial charge in [0, 0.05) is 56.0 Å². The van der Waals surface area contributed by atoms with Crippen LogP contribution in [-0.2, 0) is 6.42 Å². The van der Waals surface area contributed by atoms with Gasteiger partial charge in [-0.3, -0.25) is 9.69 Å². The summed E-state index contributed by atoms with van der Waals surface area (Å²) in [7, 11) is 1.88. The van der Waals surface area contributed by atoms with Gasteiger partial charge < -0.3 is 10.2 Å². The van der Waals surface area contributed by atoms with Crippen molar-refractivity contribution in [2.45, 2.75) is 6.42 Å². The average molecular weight is 394 g/mol. The second kappa shape index (κ2) is 9.81. The van der Waals surface area contributed by atoms with E-state index < -0.39 is 0 Å². The van der Waals surface area contributed by atoms with Crippen molar-refractivity contribution in [1.82, 2.24) is 9.80 Å². The lowest BCUT2D eigenvalue weighted by molar-refractivity contribution is 0.0638. The quantitative estimate of drug-likeness (QED) is 0.838. The van der Waals surface area contributed by atoms with Crippen LogP contribution in [0.15, 0.2) is 48.5 Å². The lowest BCUT2D eigenvalue weighted by Gasteiger charge is -2.34. The number of nitrogens with one attached hydrogen (secondary N) is 1. The Morgan fingerprint density at radius 1 is 1.00 bits per heavy atom. The Morgan fingerprint density at radius 2 is 1.62 bits per heavy atom. The standard InChI is InChI=1S/C20H24ClN3O.ClH/c1-22-19-8-4-17(5-9-19)20(25)24-14-12-23(13-15-24)11-10-16-2-6-18(21)7-3-16;/h2-9,22H,10-15H2,1H3;1H. The van der Waals surface area contributed by atoms with Crippen LogP contribution in [0, 0.1) is 0 Å². The molecule has 26 heavy (non-hydrogen) atoms. The molecule has 3 rings (SSSR count). The summed E-state index contributed by atoms with van der Waals surface area (Å²) in [6.45, 7) is 4.43. The smallest absolute Gasteiger partial charge is 0.253 e. The highest BCUT2D eigenvalue weighted by Gasteiger charge is 2.21. The van der Waals surface area contributed by atoms with Crippen LogP contribution in [-0.4, -0.2) is 55.5 Å². The van der Waals surface area contributed by atoms with E-state index in [9.17, 15) is 4.79 Å². The summed E-state index contributed by atoms with van der Waals surface area (Å²) in [6, 6.07) is 15.7. The van der Waals surface area contributed by atoms with Gasteiger partial charge in [-0.1, -0.05) is 23.7 Å². The predicted molar refractivity (Wildman–Crippen MR) is 111 cm³/mol. The second-order valence-electron chi connectivity index (χ2n) is 6.34. The molecule has 0 radical (unpaired) electrons. The zero-order valence-electron chi connectivity index (χ0n) is 15.0. The van der Waals surface area contributed by atoms with Crippen LogP contribution < -0.4 is 5.32 Å². The Balaban J connectivity index is 0.00000243. The highest BCUT2D eigenvalue weighted by molar-refractivity contribution is 6.30. The topological polar surface area (TPSA) is 35.6 Å². The SMILES string of the molecule is CNc1ccc(C(=O)N2CCN(CCc3ccc(Cl)cc3)CC2)cc1.Cl. The second-order valence-corrected chi connectivity index (χ2v) is 6.77. The molecule has 1 amide bonds. The van der Waals surface area contributed by atoms with Gasteiger partial charge >= 0.3 is 0 Å². The van der Waals surface area contributed by atoms with E-state index in [4.69, 9.17) is 11.6 Å². The lowest BCUT2D eigenvalue weighted by atomic mass is 10.1. The number of rotatable bonds is 5. The first-order valence-corrected chi connectivity index (χ1v) is 9.07. The number of carbonyl (C=O) groups is 1. The molecule has 0 saturated carbocycles. The highest BCUT2D eigenvalue weighted by Crippen LogP contribution is 2.14. The van der Waals surface area contributed by atoms with Crippen molar-refractivity contribution in [1.29, 1.82) is 0 Å². The van der Waals surface area contributed by atoms with E-state index in [1.165, 1.54) is 5.56 Å². The summed E-state index contributed by atoms with van der Waals surface area (Å²) in [4.78, 5) is 17.0. The van der Waals surface area contributed by atoms with Crippen molar-refractivity contribution in [3.63, 3.8) is 0 Å². The monoisotopic (exact) mass is 393 g/mol. The molecule has 0 bridgehead atoms. The van der Waals surface area contributed by atoms with E-state index in [-0.39, 0.29) is 18.3 Å². The molecule has 0 spiro atoms. The number of halogens is 2. The maximum absolute atomic E-state index is 12.6. The zero-order valence-corrected chi connectivity index (χ0v) is 16.5. The average Bonchev–Trinajstić information content (AvgIpc) is 2.67. The number of anilines is 1. The van der Waals surface area contributed by atoms with Crippen molar-refractivity contribution < 1.29 is 4.79 Å². The van der Waals surface area contributed by atoms with E-state index in [2.05, 4.69) is 22.3 Å². The predicted octanol–water partition coefficient (Wildman–Crippen LogP) is 3.80. The van der Waals surface area contributed by atoms with Crippen LogP contribution in [0.4, 0.5) is 5.69 Å². The van der Waals surface area contributed by atoms with E-state index in [0.29, 0.717) is 0 Å². The van der Waals surface area contributed by atoms with Gasteiger partial charge in [0.15, 0.2) is 0 Å². The molecule has 0 aromatic heterocycles. The third-order valence-electron chi connectivity index (χ3n) is 4.71. The van der Waals surface area contributed by atoms with Gasteiger partial charge in [-0.25, -0.2) is 0 Å². The maximum atomic E-state index is 12.6. The van der Waals surface area contributed by atoms with Crippen molar-refractivity contribution in [3.05, 3.63) is 64.7 Å². The van der Waals surface area contributed by atoms with Gasteiger partial charge in [0.25, 0.3) is 5.91 Å². The Bertz CT molecular complexity index is 696. The van der Waals surface area contributed by atoms with E-state index in [0.717, 1.165) is 55.4 Å². The highest BCUT2D eigenvalue weighted by atomic mass is 35.5. The van der Waals surface area contributed by atoms with Gasteiger partial charge in [0.1, 0.15) is 0 Å². The molecule has 0 aliphatic carbocycles. The first-order valence-electron chi connectivity index (χ1n) is 8.69. The normalized spacial score (nSPS) is 14.6. The fourth-order valence-corrected chi connectivity index (χ4v) is 3.20. The van der Waals surface area contributed by atoms with Crippen LogP contribution in [0.5, 0.6) is 0 Å². The number of amides is 1. The molecule has 1 aliphatic heterocycles. The molecule has 0 unspecified atom stereocenters. The summed E-state index contributed by atoms with van der Waals surface area (Å²) in [5, 5.41) is 3.85. The number of benzene rings is 2. The molecule has 1 fully saturated rings. The third kappa shape index (κ3) is 5.37. The first kappa shape index (κ1) is 20.6. The van der Waals surface area contributed by atoms with Crippen molar-refractivity contribution in [3.8, 4) is 0 Å².